The molecule has 74 valence electrons. The van der Waals surface area contributed by atoms with Crippen LogP contribution in [-0.4, -0.2) is 22.5 Å². The Morgan fingerprint density at radius 2 is 2.50 bits per heavy atom. The Hall–Kier alpha value is -1.05. The van der Waals surface area contributed by atoms with Gasteiger partial charge in [0.25, 0.3) is 0 Å². The molecule has 1 aromatic rings. The van der Waals surface area contributed by atoms with E-state index < -0.39 is 0 Å². The molecule has 0 spiro atoms. The topological polar surface area (TPSA) is 56.9 Å². The van der Waals surface area contributed by atoms with Crippen LogP contribution < -0.4 is 0 Å². The third-order valence-corrected chi connectivity index (χ3v) is 3.04. The van der Waals surface area contributed by atoms with E-state index in [1.807, 2.05) is 6.92 Å². The van der Waals surface area contributed by atoms with Crippen LogP contribution in [0.15, 0.2) is 23.4 Å². The number of hydrogen-bond acceptors (Lipinski definition) is 4. The first kappa shape index (κ1) is 11.0. The van der Waals surface area contributed by atoms with Crippen LogP contribution in [0.25, 0.3) is 0 Å². The second kappa shape index (κ2) is 5.63. The normalized spacial score (nSPS) is 12.1. The summed E-state index contributed by atoms with van der Waals surface area (Å²) < 4.78 is 0. The van der Waals surface area contributed by atoms with E-state index in [-0.39, 0.29) is 12.5 Å². The van der Waals surface area contributed by atoms with Gasteiger partial charge in [-0.3, -0.25) is 0 Å². The molecule has 0 radical (unpaired) electrons. The molecule has 0 aliphatic heterocycles. The van der Waals surface area contributed by atoms with E-state index in [2.05, 4.69) is 11.1 Å². The molecular weight excluding hydrogens is 196 g/mol. The first-order chi connectivity index (χ1) is 6.77. The zero-order chi connectivity index (χ0) is 10.4. The fourth-order valence-corrected chi connectivity index (χ4v) is 1.82. The number of nitrogens with zero attached hydrogens (tertiary/aromatic N) is 2. The van der Waals surface area contributed by atoms with Gasteiger partial charge in [0.15, 0.2) is 0 Å². The van der Waals surface area contributed by atoms with Crippen molar-refractivity contribution < 1.29 is 5.11 Å². The van der Waals surface area contributed by atoms with Gasteiger partial charge in [0.05, 0.1) is 5.56 Å². The molecule has 14 heavy (non-hydrogen) atoms. The maximum Gasteiger partial charge on any atom is 0.114 e. The average molecular weight is 208 g/mol. The number of aliphatic hydroxyl groups excluding tert-OH is 1. The third-order valence-electron chi connectivity index (χ3n) is 1.71. The zero-order valence-corrected chi connectivity index (χ0v) is 8.79. The van der Waals surface area contributed by atoms with Crippen molar-refractivity contribution in [3.05, 3.63) is 23.9 Å². The first-order valence-corrected chi connectivity index (χ1v) is 5.35. The molecule has 4 heteroatoms. The second-order valence-corrected chi connectivity index (χ2v) is 4.08. The fourth-order valence-electron chi connectivity index (χ4n) is 0.865. The third kappa shape index (κ3) is 3.02. The quantitative estimate of drug-likeness (QED) is 0.765. The Morgan fingerprint density at radius 3 is 3.14 bits per heavy atom. The Bertz CT molecular complexity index is 335. The summed E-state index contributed by atoms with van der Waals surface area (Å²) in [6.07, 6.45) is 1.67. The molecule has 0 aromatic carbocycles. The minimum atomic E-state index is 0.168. The number of rotatable bonds is 4. The van der Waals surface area contributed by atoms with Crippen molar-refractivity contribution in [3.63, 3.8) is 0 Å². The van der Waals surface area contributed by atoms with Crippen LogP contribution in [0.2, 0.25) is 0 Å². The zero-order valence-electron chi connectivity index (χ0n) is 7.97. The maximum atomic E-state index is 8.84. The summed E-state index contributed by atoms with van der Waals surface area (Å²) in [6.45, 7) is 2.13. The smallest absolute Gasteiger partial charge is 0.114 e. The monoisotopic (exact) mass is 208 g/mol. The molecule has 1 unspecified atom stereocenters. The molecule has 1 aromatic heterocycles. The Balaban J connectivity index is 2.63. The van der Waals surface area contributed by atoms with Gasteiger partial charge >= 0.3 is 0 Å². The van der Waals surface area contributed by atoms with Gasteiger partial charge in [-0.1, -0.05) is 6.92 Å². The SMILES string of the molecule is CC(CO)CSc1ncccc1C#N. The van der Waals surface area contributed by atoms with Gasteiger partial charge in [-0.25, -0.2) is 4.98 Å². The number of nitriles is 1. The van der Waals surface area contributed by atoms with E-state index in [0.717, 1.165) is 10.8 Å². The molecule has 0 saturated heterocycles. The maximum absolute atomic E-state index is 8.84. The lowest BCUT2D eigenvalue weighted by Gasteiger charge is -2.06. The van der Waals surface area contributed by atoms with Crippen LogP contribution in [-0.2, 0) is 0 Å². The highest BCUT2D eigenvalue weighted by molar-refractivity contribution is 7.99. The lowest BCUT2D eigenvalue weighted by Crippen LogP contribution is -2.03. The molecule has 0 saturated carbocycles. The predicted octanol–water partition coefficient (Wildman–Crippen LogP) is 1.67. The largest absolute Gasteiger partial charge is 0.396 e. The Morgan fingerprint density at radius 1 is 1.71 bits per heavy atom. The summed E-state index contributed by atoms with van der Waals surface area (Å²) in [6, 6.07) is 5.59. The number of aliphatic hydroxyl groups is 1. The van der Waals surface area contributed by atoms with Crippen molar-refractivity contribution in [2.45, 2.75) is 11.9 Å². The lowest BCUT2D eigenvalue weighted by atomic mass is 10.2. The summed E-state index contributed by atoms with van der Waals surface area (Å²) in [5.41, 5.74) is 0.600. The predicted molar refractivity (Wildman–Crippen MR) is 55.9 cm³/mol. The molecule has 0 amide bonds. The summed E-state index contributed by atoms with van der Waals surface area (Å²) in [5, 5.41) is 18.4. The second-order valence-electron chi connectivity index (χ2n) is 3.07. The van der Waals surface area contributed by atoms with Gasteiger partial charge in [-0.15, -0.1) is 11.8 Å². The highest BCUT2D eigenvalue weighted by Crippen LogP contribution is 2.21. The molecule has 3 nitrogen and oxygen atoms in total. The van der Waals surface area contributed by atoms with Gasteiger partial charge < -0.3 is 5.11 Å². The van der Waals surface area contributed by atoms with Crippen molar-refractivity contribution in [1.82, 2.24) is 4.98 Å². The summed E-state index contributed by atoms with van der Waals surface area (Å²) in [7, 11) is 0. The summed E-state index contributed by atoms with van der Waals surface area (Å²) in [4.78, 5) is 4.11. The fraction of sp³-hybridized carbons (Fsp3) is 0.400. The van der Waals surface area contributed by atoms with Crippen molar-refractivity contribution in [2.75, 3.05) is 12.4 Å². The number of pyridine rings is 1. The first-order valence-electron chi connectivity index (χ1n) is 4.36. The van der Waals surface area contributed by atoms with E-state index in [0.29, 0.717) is 5.56 Å². The minimum Gasteiger partial charge on any atom is -0.396 e. The summed E-state index contributed by atoms with van der Waals surface area (Å²) in [5.74, 6) is 1.01. The van der Waals surface area contributed by atoms with Crippen LogP contribution in [0.3, 0.4) is 0 Å². The van der Waals surface area contributed by atoms with Crippen molar-refractivity contribution in [3.8, 4) is 6.07 Å². The molecule has 1 N–H and O–H groups in total. The number of aromatic nitrogens is 1. The van der Waals surface area contributed by atoms with Crippen LogP contribution in [0.5, 0.6) is 0 Å². The number of thioether (sulfide) groups is 1. The van der Waals surface area contributed by atoms with Crippen molar-refractivity contribution >= 4 is 11.8 Å². The van der Waals surface area contributed by atoms with E-state index >= 15 is 0 Å². The van der Waals surface area contributed by atoms with Crippen LogP contribution in [0, 0.1) is 17.2 Å². The highest BCUT2D eigenvalue weighted by atomic mass is 32.2. The standard InChI is InChI=1S/C10H12N2OS/c1-8(6-13)7-14-10-9(5-11)3-2-4-12-10/h2-4,8,13H,6-7H2,1H3. The molecule has 1 heterocycles. The van der Waals surface area contributed by atoms with Crippen LogP contribution in [0.4, 0.5) is 0 Å². The van der Waals surface area contributed by atoms with E-state index in [9.17, 15) is 0 Å². The number of hydrogen-bond donors (Lipinski definition) is 1. The molecule has 0 fully saturated rings. The molecule has 0 aliphatic rings. The Labute approximate surface area is 87.8 Å². The van der Waals surface area contributed by atoms with Crippen LogP contribution >= 0.6 is 11.8 Å². The molecule has 1 rings (SSSR count). The highest BCUT2D eigenvalue weighted by Gasteiger charge is 2.06. The van der Waals surface area contributed by atoms with Crippen molar-refractivity contribution in [2.24, 2.45) is 5.92 Å². The van der Waals surface area contributed by atoms with Crippen LogP contribution in [0.1, 0.15) is 12.5 Å². The van der Waals surface area contributed by atoms with Crippen molar-refractivity contribution in [1.29, 1.82) is 5.26 Å². The van der Waals surface area contributed by atoms with Gasteiger partial charge in [-0.05, 0) is 18.1 Å². The van der Waals surface area contributed by atoms with E-state index in [1.165, 1.54) is 11.8 Å². The summed E-state index contributed by atoms with van der Waals surface area (Å²) >= 11 is 1.51. The minimum absolute atomic E-state index is 0.168. The average Bonchev–Trinajstić information content (AvgIpc) is 2.26. The van der Waals surface area contributed by atoms with Gasteiger partial charge in [-0.2, -0.15) is 5.26 Å². The van der Waals surface area contributed by atoms with E-state index in [1.54, 1.807) is 18.3 Å². The Kier molecular flexibility index (Phi) is 4.44. The molecule has 0 bridgehead atoms. The van der Waals surface area contributed by atoms with Gasteiger partial charge in [0, 0.05) is 18.6 Å². The lowest BCUT2D eigenvalue weighted by molar-refractivity contribution is 0.250. The molecule has 0 aliphatic carbocycles. The molecular formula is C10H12N2OS. The van der Waals surface area contributed by atoms with Gasteiger partial charge in [0.2, 0.25) is 0 Å². The van der Waals surface area contributed by atoms with E-state index in [4.69, 9.17) is 10.4 Å². The van der Waals surface area contributed by atoms with Gasteiger partial charge in [0.1, 0.15) is 11.1 Å². The molecule has 1 atom stereocenters.